The van der Waals surface area contributed by atoms with Gasteiger partial charge in [0.05, 0.1) is 0 Å². The molecule has 0 radical (unpaired) electrons. The fourth-order valence-electron chi connectivity index (χ4n) is 2.86. The van der Waals surface area contributed by atoms with Crippen molar-refractivity contribution in [2.24, 2.45) is 22.7 Å². The van der Waals surface area contributed by atoms with Crippen molar-refractivity contribution in [3.05, 3.63) is 24.4 Å². The summed E-state index contributed by atoms with van der Waals surface area (Å²) < 4.78 is 0. The lowest BCUT2D eigenvalue weighted by molar-refractivity contribution is 0.267. The molecule has 116 valence electrons. The van der Waals surface area contributed by atoms with Crippen LogP contribution in [-0.4, -0.2) is 6.54 Å². The third kappa shape index (κ3) is 5.00. The molecular weight excluding hydrogens is 242 g/mol. The summed E-state index contributed by atoms with van der Waals surface area (Å²) in [4.78, 5) is 0. The van der Waals surface area contributed by atoms with Gasteiger partial charge in [0.1, 0.15) is 0 Å². The second-order valence-electron chi connectivity index (χ2n) is 8.60. The van der Waals surface area contributed by atoms with E-state index in [1.165, 1.54) is 37.0 Å². The van der Waals surface area contributed by atoms with Crippen molar-refractivity contribution in [2.45, 2.75) is 67.2 Å². The lowest BCUT2D eigenvalue weighted by Gasteiger charge is -2.35. The van der Waals surface area contributed by atoms with Crippen LogP contribution in [0.15, 0.2) is 24.4 Å². The Labute approximate surface area is 126 Å². The van der Waals surface area contributed by atoms with Gasteiger partial charge in [-0.25, -0.2) is 0 Å². The molecule has 0 spiro atoms. The van der Waals surface area contributed by atoms with E-state index in [-0.39, 0.29) is 10.8 Å². The van der Waals surface area contributed by atoms with Crippen molar-refractivity contribution in [1.29, 1.82) is 0 Å². The van der Waals surface area contributed by atoms with Gasteiger partial charge in [-0.15, -0.1) is 0 Å². The van der Waals surface area contributed by atoms with E-state index in [2.05, 4.69) is 60.0 Å². The monoisotopic (exact) mass is 277 g/mol. The van der Waals surface area contributed by atoms with E-state index in [9.17, 15) is 0 Å². The fourth-order valence-corrected chi connectivity index (χ4v) is 2.86. The Hall–Kier alpha value is -0.720. The molecule has 1 fully saturated rings. The molecule has 20 heavy (non-hydrogen) atoms. The topological polar surface area (TPSA) is 12.0 Å². The first-order valence-corrected chi connectivity index (χ1v) is 8.14. The van der Waals surface area contributed by atoms with Crippen molar-refractivity contribution in [1.82, 2.24) is 5.32 Å². The molecule has 0 aromatic heterocycles. The molecular formula is C19H35N. The number of hydrogen-bond donors (Lipinski definition) is 1. The molecule has 1 aliphatic rings. The smallest absolute Gasteiger partial charge is 0.0172 e. The van der Waals surface area contributed by atoms with Crippen LogP contribution in [0.1, 0.15) is 67.2 Å². The molecule has 1 heteroatoms. The SMILES string of the molecule is C=C(NCC1CCC(C(=C)C(C)(C)C)CC1)C(C)(C)C. The molecule has 0 aliphatic heterocycles. The predicted molar refractivity (Wildman–Crippen MR) is 90.6 cm³/mol. The van der Waals surface area contributed by atoms with Crippen molar-refractivity contribution in [2.75, 3.05) is 6.54 Å². The first-order valence-electron chi connectivity index (χ1n) is 8.14. The van der Waals surface area contributed by atoms with Crippen LogP contribution in [0, 0.1) is 22.7 Å². The van der Waals surface area contributed by atoms with Crippen LogP contribution in [0.5, 0.6) is 0 Å². The standard InChI is InChI=1S/C19H35N/c1-14(18(3,4)5)17-11-9-16(10-12-17)13-20-15(2)19(6,7)8/h16-17,20H,1-2,9-13H2,3-8H3. The van der Waals surface area contributed by atoms with Crippen LogP contribution in [-0.2, 0) is 0 Å². The van der Waals surface area contributed by atoms with Crippen molar-refractivity contribution >= 4 is 0 Å². The molecule has 1 saturated carbocycles. The highest BCUT2D eigenvalue weighted by Gasteiger charge is 2.28. The summed E-state index contributed by atoms with van der Waals surface area (Å²) in [6.45, 7) is 23.1. The van der Waals surface area contributed by atoms with Gasteiger partial charge in [0, 0.05) is 17.7 Å². The van der Waals surface area contributed by atoms with Gasteiger partial charge in [-0.05, 0) is 42.9 Å². The molecule has 0 amide bonds. The molecule has 0 unspecified atom stereocenters. The molecule has 0 atom stereocenters. The average Bonchev–Trinajstić information content (AvgIpc) is 2.33. The minimum Gasteiger partial charge on any atom is -0.388 e. The van der Waals surface area contributed by atoms with Crippen LogP contribution in [0.25, 0.3) is 0 Å². The molecule has 1 nitrogen and oxygen atoms in total. The molecule has 0 bridgehead atoms. The fraction of sp³-hybridized carbons (Fsp3) is 0.789. The Morgan fingerprint density at radius 1 is 0.900 bits per heavy atom. The Kier molecular flexibility index (Phi) is 5.52. The van der Waals surface area contributed by atoms with Crippen molar-refractivity contribution in [3.63, 3.8) is 0 Å². The molecule has 0 aromatic rings. The lowest BCUT2D eigenvalue weighted by Crippen LogP contribution is -2.31. The minimum atomic E-state index is 0.164. The first-order chi connectivity index (χ1) is 9.01. The first kappa shape index (κ1) is 17.3. The second-order valence-corrected chi connectivity index (χ2v) is 8.60. The van der Waals surface area contributed by atoms with E-state index in [1.807, 2.05) is 0 Å². The third-order valence-corrected chi connectivity index (χ3v) is 4.81. The summed E-state index contributed by atoms with van der Waals surface area (Å²) >= 11 is 0. The van der Waals surface area contributed by atoms with E-state index < -0.39 is 0 Å². The Balaban J connectivity index is 2.37. The van der Waals surface area contributed by atoms with Gasteiger partial charge in [-0.2, -0.15) is 0 Å². The Morgan fingerprint density at radius 3 is 1.80 bits per heavy atom. The zero-order valence-corrected chi connectivity index (χ0v) is 14.6. The summed E-state index contributed by atoms with van der Waals surface area (Å²) in [6.07, 6.45) is 5.27. The van der Waals surface area contributed by atoms with Crippen LogP contribution < -0.4 is 5.32 Å². The highest BCUT2D eigenvalue weighted by Crippen LogP contribution is 2.39. The number of rotatable bonds is 4. The van der Waals surface area contributed by atoms with E-state index in [0.29, 0.717) is 0 Å². The molecule has 0 aromatic carbocycles. The van der Waals surface area contributed by atoms with E-state index in [1.54, 1.807) is 0 Å². The summed E-state index contributed by atoms with van der Waals surface area (Å²) in [7, 11) is 0. The zero-order chi connectivity index (χ0) is 15.6. The van der Waals surface area contributed by atoms with Gasteiger partial charge < -0.3 is 5.32 Å². The maximum atomic E-state index is 4.35. The van der Waals surface area contributed by atoms with E-state index in [0.717, 1.165) is 18.4 Å². The highest BCUT2D eigenvalue weighted by atomic mass is 14.9. The van der Waals surface area contributed by atoms with Gasteiger partial charge in [-0.1, -0.05) is 60.3 Å². The highest BCUT2D eigenvalue weighted by molar-refractivity contribution is 5.11. The lowest BCUT2D eigenvalue weighted by atomic mass is 9.71. The minimum absolute atomic E-state index is 0.164. The number of hydrogen-bond acceptors (Lipinski definition) is 1. The molecule has 0 heterocycles. The predicted octanol–water partition coefficient (Wildman–Crippen LogP) is 5.54. The normalized spacial score (nSPS) is 24.3. The van der Waals surface area contributed by atoms with Crippen molar-refractivity contribution in [3.8, 4) is 0 Å². The summed E-state index contributed by atoms with van der Waals surface area (Å²) in [5.41, 5.74) is 3.04. The summed E-state index contributed by atoms with van der Waals surface area (Å²) in [5, 5.41) is 3.55. The third-order valence-electron chi connectivity index (χ3n) is 4.81. The van der Waals surface area contributed by atoms with Gasteiger partial charge in [-0.3, -0.25) is 0 Å². The molecule has 1 aliphatic carbocycles. The second kappa shape index (κ2) is 6.37. The zero-order valence-electron chi connectivity index (χ0n) is 14.6. The van der Waals surface area contributed by atoms with E-state index in [4.69, 9.17) is 0 Å². The van der Waals surface area contributed by atoms with Gasteiger partial charge in [0.2, 0.25) is 0 Å². The summed E-state index contributed by atoms with van der Waals surface area (Å²) in [5.74, 6) is 1.54. The quantitative estimate of drug-likeness (QED) is 0.665. The number of allylic oxidation sites excluding steroid dienone is 2. The van der Waals surface area contributed by atoms with Crippen LogP contribution in [0.4, 0.5) is 0 Å². The molecule has 0 saturated heterocycles. The van der Waals surface area contributed by atoms with Crippen LogP contribution in [0.2, 0.25) is 0 Å². The Morgan fingerprint density at radius 2 is 1.40 bits per heavy atom. The van der Waals surface area contributed by atoms with Crippen molar-refractivity contribution < 1.29 is 0 Å². The average molecular weight is 277 g/mol. The molecule has 1 rings (SSSR count). The largest absolute Gasteiger partial charge is 0.388 e. The van der Waals surface area contributed by atoms with Crippen LogP contribution in [0.3, 0.4) is 0 Å². The maximum absolute atomic E-state index is 4.35. The Bertz CT molecular complexity index is 343. The van der Waals surface area contributed by atoms with E-state index >= 15 is 0 Å². The van der Waals surface area contributed by atoms with Crippen LogP contribution >= 0.6 is 0 Å². The maximum Gasteiger partial charge on any atom is 0.0172 e. The van der Waals surface area contributed by atoms with Gasteiger partial charge >= 0.3 is 0 Å². The molecule has 1 N–H and O–H groups in total. The van der Waals surface area contributed by atoms with Gasteiger partial charge in [0.15, 0.2) is 0 Å². The summed E-state index contributed by atoms with van der Waals surface area (Å²) in [6, 6.07) is 0. The van der Waals surface area contributed by atoms with Gasteiger partial charge in [0.25, 0.3) is 0 Å². The number of nitrogens with one attached hydrogen (secondary N) is 1.